The molecule has 0 unspecified atom stereocenters. The zero-order valence-corrected chi connectivity index (χ0v) is 12.4. The lowest BCUT2D eigenvalue weighted by Gasteiger charge is -2.05. The highest BCUT2D eigenvalue weighted by Crippen LogP contribution is 2.19. The van der Waals surface area contributed by atoms with Crippen molar-refractivity contribution in [3.05, 3.63) is 63.9 Å². The van der Waals surface area contributed by atoms with Gasteiger partial charge in [-0.25, -0.2) is 14.1 Å². The highest BCUT2D eigenvalue weighted by atomic mass is 35.5. The molecule has 0 spiro atoms. The van der Waals surface area contributed by atoms with Gasteiger partial charge in [0.05, 0.1) is 11.0 Å². The van der Waals surface area contributed by atoms with Crippen LogP contribution in [0.3, 0.4) is 0 Å². The molecule has 0 fully saturated rings. The largest absolute Gasteiger partial charge is 0.286 e. The van der Waals surface area contributed by atoms with E-state index in [0.29, 0.717) is 16.5 Å². The van der Waals surface area contributed by atoms with Gasteiger partial charge in [-0.3, -0.25) is 4.79 Å². The fourth-order valence-corrected chi connectivity index (χ4v) is 2.69. The molecule has 2 heterocycles. The lowest BCUT2D eigenvalue weighted by Crippen LogP contribution is -2.21. The number of fused-ring (bicyclic) bond motifs is 3. The van der Waals surface area contributed by atoms with Crippen molar-refractivity contribution in [2.24, 2.45) is 7.05 Å². The minimum absolute atomic E-state index is 0.191. The van der Waals surface area contributed by atoms with Crippen LogP contribution in [-0.4, -0.2) is 19.2 Å². The summed E-state index contributed by atoms with van der Waals surface area (Å²) >= 11 is 5.91. The van der Waals surface area contributed by atoms with Crippen LogP contribution in [0.15, 0.2) is 53.3 Å². The van der Waals surface area contributed by atoms with Crippen molar-refractivity contribution in [1.82, 2.24) is 19.2 Å². The minimum atomic E-state index is -0.191. The first-order valence-corrected chi connectivity index (χ1v) is 7.13. The van der Waals surface area contributed by atoms with Gasteiger partial charge in [0.2, 0.25) is 5.78 Å². The van der Waals surface area contributed by atoms with E-state index in [4.69, 9.17) is 11.6 Å². The van der Waals surface area contributed by atoms with Crippen LogP contribution in [0.1, 0.15) is 0 Å². The molecule has 0 N–H and O–H groups in total. The van der Waals surface area contributed by atoms with E-state index < -0.39 is 0 Å². The van der Waals surface area contributed by atoms with E-state index in [1.54, 1.807) is 40.4 Å². The second-order valence-corrected chi connectivity index (χ2v) is 5.46. The summed E-state index contributed by atoms with van der Waals surface area (Å²) in [5, 5.41) is 4.99. The zero-order chi connectivity index (χ0) is 15.3. The van der Waals surface area contributed by atoms with Gasteiger partial charge in [0.25, 0.3) is 5.56 Å². The van der Waals surface area contributed by atoms with Crippen molar-refractivity contribution >= 4 is 28.4 Å². The first kappa shape index (κ1) is 13.0. The Morgan fingerprint density at radius 2 is 1.77 bits per heavy atom. The minimum Gasteiger partial charge on any atom is -0.266 e. The fraction of sp³-hybridized carbons (Fsp3) is 0.0625. The predicted octanol–water partition coefficient (Wildman–Crippen LogP) is 2.90. The van der Waals surface area contributed by atoms with Gasteiger partial charge in [-0.05, 0) is 24.3 Å². The van der Waals surface area contributed by atoms with Gasteiger partial charge in [0, 0.05) is 17.6 Å². The van der Waals surface area contributed by atoms with E-state index >= 15 is 0 Å². The highest BCUT2D eigenvalue weighted by molar-refractivity contribution is 6.30. The monoisotopic (exact) mass is 310 g/mol. The molecule has 0 aliphatic rings. The lowest BCUT2D eigenvalue weighted by molar-refractivity contribution is 0.732. The Labute approximate surface area is 130 Å². The van der Waals surface area contributed by atoms with Gasteiger partial charge in [-0.15, -0.1) is 0 Å². The van der Waals surface area contributed by atoms with E-state index in [9.17, 15) is 4.79 Å². The Hall–Kier alpha value is -2.66. The van der Waals surface area contributed by atoms with E-state index in [1.165, 1.54) is 0 Å². The summed E-state index contributed by atoms with van der Waals surface area (Å²) in [6.45, 7) is 0. The standard InChI is InChI=1S/C16H11ClN4O/c1-20-16-18-12-4-2-3-5-13(12)21(16)15(22)14(19-20)10-6-8-11(17)9-7-10/h2-9H,1H3. The lowest BCUT2D eigenvalue weighted by atomic mass is 10.2. The number of aromatic nitrogens is 4. The van der Waals surface area contributed by atoms with Crippen molar-refractivity contribution < 1.29 is 0 Å². The van der Waals surface area contributed by atoms with Gasteiger partial charge in [0.15, 0.2) is 5.69 Å². The smallest absolute Gasteiger partial charge is 0.266 e. The number of rotatable bonds is 1. The van der Waals surface area contributed by atoms with Gasteiger partial charge in [0.1, 0.15) is 0 Å². The van der Waals surface area contributed by atoms with E-state index in [-0.39, 0.29) is 5.56 Å². The van der Waals surface area contributed by atoms with E-state index in [0.717, 1.165) is 16.6 Å². The molecule has 0 saturated carbocycles. The van der Waals surface area contributed by atoms with E-state index in [2.05, 4.69) is 10.1 Å². The van der Waals surface area contributed by atoms with Gasteiger partial charge < -0.3 is 0 Å². The third-order valence-electron chi connectivity index (χ3n) is 3.61. The summed E-state index contributed by atoms with van der Waals surface area (Å²) in [4.78, 5) is 17.3. The van der Waals surface area contributed by atoms with Crippen LogP contribution in [0.5, 0.6) is 0 Å². The molecule has 0 atom stereocenters. The van der Waals surface area contributed by atoms with Crippen LogP contribution in [0.25, 0.3) is 28.1 Å². The van der Waals surface area contributed by atoms with Crippen LogP contribution in [-0.2, 0) is 7.05 Å². The zero-order valence-electron chi connectivity index (χ0n) is 11.7. The first-order valence-electron chi connectivity index (χ1n) is 6.75. The normalized spacial score (nSPS) is 11.4. The van der Waals surface area contributed by atoms with Crippen molar-refractivity contribution in [3.63, 3.8) is 0 Å². The molecule has 0 saturated heterocycles. The van der Waals surface area contributed by atoms with Crippen molar-refractivity contribution in [2.75, 3.05) is 0 Å². The molecule has 0 amide bonds. The molecule has 0 aliphatic heterocycles. The predicted molar refractivity (Wildman–Crippen MR) is 86.2 cm³/mol. The molecule has 4 aromatic rings. The van der Waals surface area contributed by atoms with Crippen LogP contribution in [0, 0.1) is 0 Å². The number of benzene rings is 2. The molecular weight excluding hydrogens is 300 g/mol. The SMILES string of the molecule is Cn1nc(-c2ccc(Cl)cc2)c(=O)n2c3ccccc3nc12. The van der Waals surface area contributed by atoms with Gasteiger partial charge in [-0.2, -0.15) is 5.10 Å². The fourth-order valence-electron chi connectivity index (χ4n) is 2.56. The molecule has 5 nitrogen and oxygen atoms in total. The summed E-state index contributed by atoms with van der Waals surface area (Å²) < 4.78 is 3.21. The summed E-state index contributed by atoms with van der Waals surface area (Å²) in [5.74, 6) is 0.518. The van der Waals surface area contributed by atoms with Crippen LogP contribution in [0.2, 0.25) is 5.02 Å². The van der Waals surface area contributed by atoms with Crippen molar-refractivity contribution in [3.8, 4) is 11.3 Å². The number of aryl methyl sites for hydroxylation is 1. The Kier molecular flexibility index (Phi) is 2.77. The third kappa shape index (κ3) is 1.83. The topological polar surface area (TPSA) is 52.2 Å². The molecule has 4 rings (SSSR count). The van der Waals surface area contributed by atoms with Crippen molar-refractivity contribution in [2.45, 2.75) is 0 Å². The maximum Gasteiger partial charge on any atom is 0.286 e. The number of halogens is 1. The number of hydrogen-bond acceptors (Lipinski definition) is 3. The third-order valence-corrected chi connectivity index (χ3v) is 3.86. The van der Waals surface area contributed by atoms with Crippen LogP contribution >= 0.6 is 11.6 Å². The molecule has 0 radical (unpaired) electrons. The highest BCUT2D eigenvalue weighted by Gasteiger charge is 2.15. The molecule has 0 aliphatic carbocycles. The van der Waals surface area contributed by atoms with Crippen LogP contribution in [0.4, 0.5) is 0 Å². The maximum atomic E-state index is 12.9. The number of nitrogens with zero attached hydrogens (tertiary/aromatic N) is 4. The molecular formula is C16H11ClN4O. The first-order chi connectivity index (χ1) is 10.6. The molecule has 6 heteroatoms. The second kappa shape index (κ2) is 4.68. The second-order valence-electron chi connectivity index (χ2n) is 5.02. The maximum absolute atomic E-state index is 12.9. The van der Waals surface area contributed by atoms with E-state index in [1.807, 2.05) is 24.3 Å². The average Bonchev–Trinajstić information content (AvgIpc) is 2.92. The van der Waals surface area contributed by atoms with Crippen LogP contribution < -0.4 is 5.56 Å². The molecule has 2 aromatic heterocycles. The quantitative estimate of drug-likeness (QED) is 0.543. The average molecular weight is 311 g/mol. The summed E-state index contributed by atoms with van der Waals surface area (Å²) in [7, 11) is 1.78. The molecule has 0 bridgehead atoms. The van der Waals surface area contributed by atoms with Gasteiger partial charge in [-0.1, -0.05) is 35.9 Å². The Morgan fingerprint density at radius 1 is 1.05 bits per heavy atom. The van der Waals surface area contributed by atoms with Crippen molar-refractivity contribution in [1.29, 1.82) is 0 Å². The number of imidazole rings is 1. The molecule has 22 heavy (non-hydrogen) atoms. The molecule has 2 aromatic carbocycles. The Balaban J connectivity index is 2.13. The summed E-state index contributed by atoms with van der Waals surface area (Å²) in [5.41, 5.74) is 2.45. The Morgan fingerprint density at radius 3 is 2.55 bits per heavy atom. The summed E-state index contributed by atoms with van der Waals surface area (Å²) in [6.07, 6.45) is 0. The number of para-hydroxylation sites is 2. The Bertz CT molecular complexity index is 1060. The summed E-state index contributed by atoms with van der Waals surface area (Å²) in [6, 6.07) is 14.6. The molecule has 108 valence electrons. The number of hydrogen-bond donors (Lipinski definition) is 0. The van der Waals surface area contributed by atoms with Gasteiger partial charge >= 0.3 is 0 Å².